The van der Waals surface area contributed by atoms with E-state index in [0.717, 1.165) is 6.42 Å². The van der Waals surface area contributed by atoms with Crippen LogP contribution in [0.15, 0.2) is 12.4 Å². The summed E-state index contributed by atoms with van der Waals surface area (Å²) in [6.07, 6.45) is 4.07. The van der Waals surface area contributed by atoms with Crippen LogP contribution in [0, 0.1) is 0 Å². The van der Waals surface area contributed by atoms with Gasteiger partial charge in [-0.25, -0.2) is 0 Å². The Morgan fingerprint density at radius 3 is 2.95 bits per heavy atom. The zero-order valence-electron chi connectivity index (χ0n) is 11.5. The first-order valence-electron chi connectivity index (χ1n) is 6.23. The number of aromatic nitrogens is 2. The number of nitrogens with zero attached hydrogens (tertiary/aromatic N) is 2. The van der Waals surface area contributed by atoms with Gasteiger partial charge in [0.15, 0.2) is 0 Å². The van der Waals surface area contributed by atoms with Crippen molar-refractivity contribution < 1.29 is 14.3 Å². The Kier molecular flexibility index (Phi) is 7.09. The van der Waals surface area contributed by atoms with E-state index < -0.39 is 6.04 Å². The Labute approximate surface area is 113 Å². The van der Waals surface area contributed by atoms with Crippen molar-refractivity contribution in [3.63, 3.8) is 0 Å². The largest absolute Gasteiger partial charge is 0.382 e. The molecule has 0 radical (unpaired) electrons. The predicted octanol–water partition coefficient (Wildman–Crippen LogP) is -0.411. The van der Waals surface area contributed by atoms with E-state index in [0.29, 0.717) is 31.9 Å². The number of carbonyl (C=O) groups excluding carboxylic acids is 1. The Balaban J connectivity index is 2.14. The first kappa shape index (κ1) is 15.6. The number of rotatable bonds is 9. The van der Waals surface area contributed by atoms with Gasteiger partial charge in [-0.2, -0.15) is 5.10 Å². The van der Waals surface area contributed by atoms with Crippen molar-refractivity contribution in [3.8, 4) is 0 Å². The Hall–Kier alpha value is -1.44. The van der Waals surface area contributed by atoms with Crippen molar-refractivity contribution in [2.24, 2.45) is 12.8 Å². The molecule has 1 atom stereocenters. The van der Waals surface area contributed by atoms with Crippen LogP contribution in [0.5, 0.6) is 0 Å². The average molecular weight is 270 g/mol. The third kappa shape index (κ3) is 5.82. The van der Waals surface area contributed by atoms with Crippen LogP contribution >= 0.6 is 0 Å². The van der Waals surface area contributed by atoms with Crippen LogP contribution < -0.4 is 11.1 Å². The molecule has 1 heterocycles. The molecule has 108 valence electrons. The lowest BCUT2D eigenvalue weighted by Crippen LogP contribution is -2.34. The summed E-state index contributed by atoms with van der Waals surface area (Å²) in [4.78, 5) is 11.8. The number of hydrogen-bond acceptors (Lipinski definition) is 5. The molecule has 0 aromatic carbocycles. The van der Waals surface area contributed by atoms with Crippen LogP contribution in [-0.2, 0) is 21.3 Å². The van der Waals surface area contributed by atoms with Gasteiger partial charge in [-0.05, 0) is 6.42 Å². The summed E-state index contributed by atoms with van der Waals surface area (Å²) in [5.41, 5.74) is 6.52. The maximum absolute atomic E-state index is 11.8. The third-order valence-corrected chi connectivity index (χ3v) is 2.56. The van der Waals surface area contributed by atoms with E-state index in [9.17, 15) is 4.79 Å². The number of amides is 1. The molecule has 1 aromatic heterocycles. The summed E-state index contributed by atoms with van der Waals surface area (Å²) in [5, 5.41) is 6.75. The van der Waals surface area contributed by atoms with Crippen molar-refractivity contribution in [2.75, 3.05) is 33.5 Å². The number of methoxy groups -OCH3 is 1. The fourth-order valence-electron chi connectivity index (χ4n) is 1.49. The minimum Gasteiger partial charge on any atom is -0.382 e. The quantitative estimate of drug-likeness (QED) is 0.595. The number of hydrogen-bond donors (Lipinski definition) is 2. The summed E-state index contributed by atoms with van der Waals surface area (Å²) in [7, 11) is 3.41. The maximum atomic E-state index is 11.8. The van der Waals surface area contributed by atoms with Gasteiger partial charge in [0.25, 0.3) is 0 Å². The average Bonchev–Trinajstić information content (AvgIpc) is 2.83. The van der Waals surface area contributed by atoms with Gasteiger partial charge < -0.3 is 20.5 Å². The zero-order chi connectivity index (χ0) is 14.1. The summed E-state index contributed by atoms with van der Waals surface area (Å²) >= 11 is 0. The SMILES string of the molecule is COCCOCCCNC(=O)C(N)c1cnn(C)c1. The second-order valence-corrected chi connectivity index (χ2v) is 4.17. The number of nitrogens with one attached hydrogen (secondary N) is 1. The van der Waals surface area contributed by atoms with E-state index in [-0.39, 0.29) is 5.91 Å². The molecule has 3 N–H and O–H groups in total. The summed E-state index contributed by atoms with van der Waals surface area (Å²) in [5.74, 6) is -0.204. The fraction of sp³-hybridized carbons (Fsp3) is 0.667. The molecule has 1 aromatic rings. The van der Waals surface area contributed by atoms with Crippen LogP contribution in [0.4, 0.5) is 0 Å². The van der Waals surface area contributed by atoms with E-state index >= 15 is 0 Å². The fourth-order valence-corrected chi connectivity index (χ4v) is 1.49. The molecule has 1 amide bonds. The molecule has 0 aliphatic carbocycles. The molecular weight excluding hydrogens is 248 g/mol. The van der Waals surface area contributed by atoms with Gasteiger partial charge in [0, 0.05) is 39.1 Å². The molecule has 0 aliphatic rings. The van der Waals surface area contributed by atoms with Crippen LogP contribution in [0.3, 0.4) is 0 Å². The predicted molar refractivity (Wildman–Crippen MR) is 70.5 cm³/mol. The standard InChI is InChI=1S/C12H22N4O3/c1-16-9-10(8-15-16)11(13)12(17)14-4-3-5-19-7-6-18-2/h8-9,11H,3-7,13H2,1-2H3,(H,14,17). The van der Waals surface area contributed by atoms with Gasteiger partial charge in [0.1, 0.15) is 6.04 Å². The summed E-state index contributed by atoms with van der Waals surface area (Å²) in [6.45, 7) is 2.28. The third-order valence-electron chi connectivity index (χ3n) is 2.56. The molecule has 0 fully saturated rings. The van der Waals surface area contributed by atoms with Crippen LogP contribution in [0.25, 0.3) is 0 Å². The van der Waals surface area contributed by atoms with Crippen molar-refractivity contribution in [3.05, 3.63) is 18.0 Å². The van der Waals surface area contributed by atoms with Gasteiger partial charge in [0.05, 0.1) is 19.4 Å². The second kappa shape index (κ2) is 8.63. The zero-order valence-corrected chi connectivity index (χ0v) is 11.5. The van der Waals surface area contributed by atoms with Crippen molar-refractivity contribution in [1.29, 1.82) is 0 Å². The Morgan fingerprint density at radius 1 is 1.53 bits per heavy atom. The smallest absolute Gasteiger partial charge is 0.241 e. The van der Waals surface area contributed by atoms with Crippen LogP contribution in [0.2, 0.25) is 0 Å². The van der Waals surface area contributed by atoms with E-state index in [1.54, 1.807) is 31.2 Å². The Morgan fingerprint density at radius 2 is 2.32 bits per heavy atom. The number of carbonyl (C=O) groups is 1. The van der Waals surface area contributed by atoms with Crippen molar-refractivity contribution >= 4 is 5.91 Å². The van der Waals surface area contributed by atoms with Gasteiger partial charge in [-0.1, -0.05) is 0 Å². The van der Waals surface area contributed by atoms with E-state index in [1.807, 2.05) is 0 Å². The van der Waals surface area contributed by atoms with Gasteiger partial charge in [-0.3, -0.25) is 9.48 Å². The van der Waals surface area contributed by atoms with E-state index in [4.69, 9.17) is 15.2 Å². The topological polar surface area (TPSA) is 91.4 Å². The number of nitrogens with two attached hydrogens (primary N) is 1. The highest BCUT2D eigenvalue weighted by Crippen LogP contribution is 2.07. The first-order chi connectivity index (χ1) is 9.15. The molecular formula is C12H22N4O3. The second-order valence-electron chi connectivity index (χ2n) is 4.17. The van der Waals surface area contributed by atoms with Crippen molar-refractivity contribution in [2.45, 2.75) is 12.5 Å². The maximum Gasteiger partial charge on any atom is 0.241 e. The minimum atomic E-state index is -0.678. The monoisotopic (exact) mass is 270 g/mol. The minimum absolute atomic E-state index is 0.204. The molecule has 7 heteroatoms. The highest BCUT2D eigenvalue weighted by molar-refractivity contribution is 5.82. The molecule has 1 rings (SSSR count). The molecule has 0 aliphatic heterocycles. The van der Waals surface area contributed by atoms with Gasteiger partial charge >= 0.3 is 0 Å². The molecule has 0 saturated carbocycles. The lowest BCUT2D eigenvalue weighted by atomic mass is 10.1. The first-order valence-corrected chi connectivity index (χ1v) is 6.23. The molecule has 7 nitrogen and oxygen atoms in total. The van der Waals surface area contributed by atoms with Crippen LogP contribution in [0.1, 0.15) is 18.0 Å². The van der Waals surface area contributed by atoms with E-state index in [2.05, 4.69) is 10.4 Å². The van der Waals surface area contributed by atoms with Crippen molar-refractivity contribution in [1.82, 2.24) is 15.1 Å². The molecule has 0 spiro atoms. The summed E-state index contributed by atoms with van der Waals surface area (Å²) in [6, 6.07) is -0.678. The van der Waals surface area contributed by atoms with E-state index in [1.165, 1.54) is 0 Å². The van der Waals surface area contributed by atoms with Gasteiger partial charge in [-0.15, -0.1) is 0 Å². The molecule has 0 bridgehead atoms. The highest BCUT2D eigenvalue weighted by atomic mass is 16.5. The highest BCUT2D eigenvalue weighted by Gasteiger charge is 2.16. The lowest BCUT2D eigenvalue weighted by molar-refractivity contribution is -0.122. The number of aryl methyl sites for hydroxylation is 1. The summed E-state index contributed by atoms with van der Waals surface area (Å²) < 4.78 is 11.8. The molecule has 19 heavy (non-hydrogen) atoms. The number of ether oxygens (including phenoxy) is 2. The van der Waals surface area contributed by atoms with Gasteiger partial charge in [0.2, 0.25) is 5.91 Å². The van der Waals surface area contributed by atoms with Crippen LogP contribution in [-0.4, -0.2) is 49.2 Å². The molecule has 0 saturated heterocycles. The lowest BCUT2D eigenvalue weighted by Gasteiger charge is -2.10. The normalized spacial score (nSPS) is 12.4. The molecule has 1 unspecified atom stereocenters. The Bertz CT molecular complexity index is 381.